The maximum absolute atomic E-state index is 12.2. The molecule has 0 spiro atoms. The Hall–Kier alpha value is -10.3. The van der Waals surface area contributed by atoms with E-state index in [1.54, 1.807) is 31.4 Å². The lowest BCUT2D eigenvalue weighted by molar-refractivity contribution is -0.385. The first-order valence-corrected chi connectivity index (χ1v) is 22.2. The molecule has 4 N–H and O–H groups in total. The van der Waals surface area contributed by atoms with Gasteiger partial charge in [-0.3, -0.25) is 29.7 Å². The van der Waals surface area contributed by atoms with Gasteiger partial charge in [-0.15, -0.1) is 0 Å². The highest BCUT2D eigenvalue weighted by Gasteiger charge is 2.15. The topological polar surface area (TPSA) is 275 Å². The zero-order chi connectivity index (χ0) is 51.8. The van der Waals surface area contributed by atoms with E-state index in [9.17, 15) is 29.8 Å². The van der Waals surface area contributed by atoms with Crippen LogP contribution in [0.25, 0.3) is 67.7 Å². The van der Waals surface area contributed by atoms with E-state index in [1.807, 2.05) is 124 Å². The van der Waals surface area contributed by atoms with Crippen LogP contribution in [0.15, 0.2) is 177 Å². The number of aromatic carboxylic acids is 1. The van der Waals surface area contributed by atoms with Gasteiger partial charge in [0.05, 0.1) is 15.4 Å². The van der Waals surface area contributed by atoms with Crippen molar-refractivity contribution < 1.29 is 37.8 Å². The summed E-state index contributed by atoms with van der Waals surface area (Å²) in [6.45, 7) is 5.96. The van der Waals surface area contributed by atoms with Crippen LogP contribution in [0.5, 0.6) is 0 Å². The molecule has 11 rings (SSSR count). The van der Waals surface area contributed by atoms with Crippen LogP contribution in [0.1, 0.15) is 37.5 Å². The maximum atomic E-state index is 12.2. The van der Waals surface area contributed by atoms with Gasteiger partial charge in [-0.05, 0) is 135 Å². The van der Waals surface area contributed by atoms with Gasteiger partial charge in [0.2, 0.25) is 17.7 Å². The van der Waals surface area contributed by atoms with Crippen LogP contribution in [0, 0.1) is 41.0 Å². The van der Waals surface area contributed by atoms with Gasteiger partial charge in [-0.25, -0.2) is 19.7 Å². The summed E-state index contributed by atoms with van der Waals surface area (Å²) in [7, 11) is 1.73. The monoisotopic (exact) mass is 977 g/mol. The summed E-state index contributed by atoms with van der Waals surface area (Å²) in [5.74, 6) is 0.373. The van der Waals surface area contributed by atoms with Crippen molar-refractivity contribution in [2.45, 2.75) is 20.8 Å². The lowest BCUT2D eigenvalue weighted by atomic mass is 10.2. The molecule has 4 heterocycles. The minimum atomic E-state index is -1.09. The Morgan fingerprint density at radius 3 is 1.30 bits per heavy atom. The number of anilines is 2. The fraction of sp³-hybridized carbons (Fsp3) is 0.0741. The first-order valence-electron chi connectivity index (χ1n) is 22.2. The number of carbonyl (C=O) groups is 2. The Bertz CT molecular complexity index is 3730. The summed E-state index contributed by atoms with van der Waals surface area (Å²) in [4.78, 5) is 55.6. The number of nitro benzene ring substituents is 2. The van der Waals surface area contributed by atoms with Crippen molar-refractivity contribution in [3.8, 4) is 34.4 Å². The molecule has 7 aromatic carbocycles. The maximum Gasteiger partial charge on any atom is 0.335 e. The van der Waals surface area contributed by atoms with Crippen molar-refractivity contribution in [3.05, 3.63) is 212 Å². The summed E-state index contributed by atoms with van der Waals surface area (Å²) in [6.07, 6.45) is 1.59. The summed E-state index contributed by atoms with van der Waals surface area (Å²) >= 11 is 0. The van der Waals surface area contributed by atoms with Gasteiger partial charge in [0, 0.05) is 65.6 Å². The molecule has 0 radical (unpaired) electrons. The van der Waals surface area contributed by atoms with Crippen molar-refractivity contribution in [1.29, 1.82) is 0 Å². The molecular weight excluding hydrogens is 935 g/mol. The number of amides is 1. The number of carboxylic acids is 1. The quantitative estimate of drug-likeness (QED) is 0.0725. The standard InChI is InChI=1S/C19H16N4O2.C14H10N2O3.C14H12N2O.C7H5NO4/c1-12-4-3-5-15-17(12)25-19(22-15)13-6-8-14(9-7-13)21-18(24)16-10-11-20-23(16)2;1-9-3-2-4-12-13(9)19-14(15-12)10-5-7-11(8-6-10)16(17)18;1-9-3-2-4-12-13(9)17-14(16-12)10-5-7-11(15)8-6-10;9-7(10)5-1-3-6(4-2-5)8(11)12/h3-11H,1-2H3,(H,21,24);2-8H,1H3;2-8H,15H2,1H3;1-4H,(H,9,10). The number of nitrogen functional groups attached to an aromatic ring is 1. The normalized spacial score (nSPS) is 10.6. The van der Waals surface area contributed by atoms with Crippen molar-refractivity contribution in [1.82, 2.24) is 24.7 Å². The summed E-state index contributed by atoms with van der Waals surface area (Å²) in [5, 5.41) is 36.0. The second kappa shape index (κ2) is 21.6. The number of hydrogen-bond acceptors (Lipinski definition) is 14. The van der Waals surface area contributed by atoms with Crippen LogP contribution in [0.2, 0.25) is 0 Å². The van der Waals surface area contributed by atoms with Gasteiger partial charge in [0.15, 0.2) is 16.7 Å². The number of carbonyl (C=O) groups excluding carboxylic acids is 1. The number of nitrogens with two attached hydrogens (primary N) is 1. The molecule has 0 unspecified atom stereocenters. The lowest BCUT2D eigenvalue weighted by Crippen LogP contribution is -2.15. The van der Waals surface area contributed by atoms with E-state index in [2.05, 4.69) is 25.4 Å². The molecular formula is C54H43N9O10. The van der Waals surface area contributed by atoms with Gasteiger partial charge in [-0.1, -0.05) is 36.4 Å². The SMILES string of the molecule is Cc1cccc2nc(-c3ccc(N)cc3)oc12.Cc1cccc2nc(-c3ccc(NC(=O)c4ccnn4C)cc3)oc12.Cc1cccc2nc(-c3ccc([N+](=O)[O-])cc3)oc12.O=C(O)c1ccc([N+](=O)[O-])cc1. The van der Waals surface area contributed by atoms with Gasteiger partial charge in [-0.2, -0.15) is 5.10 Å². The molecule has 1 amide bonds. The predicted octanol–water partition coefficient (Wildman–Crippen LogP) is 12.2. The second-order valence-electron chi connectivity index (χ2n) is 16.2. The number of fused-ring (bicyclic) bond motifs is 3. The molecule has 0 saturated carbocycles. The third-order valence-electron chi connectivity index (χ3n) is 11.1. The van der Waals surface area contributed by atoms with Crippen LogP contribution in [0.4, 0.5) is 22.7 Å². The van der Waals surface area contributed by atoms with E-state index < -0.39 is 15.8 Å². The number of nitrogens with zero attached hydrogens (tertiary/aromatic N) is 7. The molecule has 11 aromatic rings. The zero-order valence-corrected chi connectivity index (χ0v) is 39.4. The third kappa shape index (κ3) is 11.6. The molecule has 364 valence electrons. The van der Waals surface area contributed by atoms with Crippen LogP contribution >= 0.6 is 0 Å². The number of hydrogen-bond donors (Lipinski definition) is 3. The van der Waals surface area contributed by atoms with E-state index >= 15 is 0 Å². The molecule has 73 heavy (non-hydrogen) atoms. The molecule has 0 fully saturated rings. The van der Waals surface area contributed by atoms with Crippen molar-refractivity contribution in [2.24, 2.45) is 7.05 Å². The molecule has 4 aromatic heterocycles. The lowest BCUT2D eigenvalue weighted by Gasteiger charge is -2.05. The van der Waals surface area contributed by atoms with Crippen molar-refractivity contribution in [3.63, 3.8) is 0 Å². The number of rotatable bonds is 8. The van der Waals surface area contributed by atoms with E-state index in [1.165, 1.54) is 28.9 Å². The Morgan fingerprint density at radius 1 is 0.562 bits per heavy atom. The fourth-order valence-corrected chi connectivity index (χ4v) is 7.20. The highest BCUT2D eigenvalue weighted by molar-refractivity contribution is 6.03. The average molecular weight is 978 g/mol. The van der Waals surface area contributed by atoms with E-state index in [4.69, 9.17) is 24.1 Å². The molecule has 19 heteroatoms. The average Bonchev–Trinajstić information content (AvgIpc) is 4.22. The third-order valence-corrected chi connectivity index (χ3v) is 11.1. The predicted molar refractivity (Wildman–Crippen MR) is 275 cm³/mol. The van der Waals surface area contributed by atoms with Gasteiger partial charge >= 0.3 is 5.97 Å². The van der Waals surface area contributed by atoms with E-state index in [0.717, 1.165) is 84.5 Å². The summed E-state index contributed by atoms with van der Waals surface area (Å²) < 4.78 is 18.9. The highest BCUT2D eigenvalue weighted by Crippen LogP contribution is 2.30. The number of carboxylic acid groups (broad SMARTS) is 1. The van der Waals surface area contributed by atoms with Crippen LogP contribution in [0.3, 0.4) is 0 Å². The Labute approximate surface area is 414 Å². The Kier molecular flexibility index (Phi) is 14.5. The molecule has 0 bridgehead atoms. The van der Waals surface area contributed by atoms with Crippen LogP contribution in [-0.4, -0.2) is 51.6 Å². The second-order valence-corrected chi connectivity index (χ2v) is 16.2. The van der Waals surface area contributed by atoms with Crippen molar-refractivity contribution in [2.75, 3.05) is 11.1 Å². The zero-order valence-electron chi connectivity index (χ0n) is 39.4. The van der Waals surface area contributed by atoms with Gasteiger partial charge in [0.25, 0.3) is 17.3 Å². The number of nitrogens with one attached hydrogen (secondary N) is 1. The minimum Gasteiger partial charge on any atom is -0.478 e. The van der Waals surface area contributed by atoms with Crippen molar-refractivity contribution >= 4 is 67.9 Å². The van der Waals surface area contributed by atoms with Gasteiger partial charge in [0.1, 0.15) is 22.2 Å². The van der Waals surface area contributed by atoms with E-state index in [0.29, 0.717) is 29.1 Å². The number of non-ortho nitro benzene ring substituents is 2. The molecule has 0 aliphatic carbocycles. The number of para-hydroxylation sites is 3. The fourth-order valence-electron chi connectivity index (χ4n) is 7.20. The Morgan fingerprint density at radius 2 is 0.945 bits per heavy atom. The Balaban J connectivity index is 0.000000134. The van der Waals surface area contributed by atoms with Crippen LogP contribution in [-0.2, 0) is 7.05 Å². The summed E-state index contributed by atoms with van der Waals surface area (Å²) in [5.41, 5.74) is 18.1. The van der Waals surface area contributed by atoms with Crippen LogP contribution < -0.4 is 11.1 Å². The summed E-state index contributed by atoms with van der Waals surface area (Å²) in [6, 6.07) is 45.0. The molecule has 0 aliphatic heterocycles. The number of aromatic nitrogens is 5. The molecule has 19 nitrogen and oxygen atoms in total. The number of oxazole rings is 3. The number of nitro groups is 2. The molecule has 0 saturated heterocycles. The van der Waals surface area contributed by atoms with Gasteiger partial charge < -0.3 is 29.4 Å². The smallest absolute Gasteiger partial charge is 0.335 e. The largest absolute Gasteiger partial charge is 0.478 e. The highest BCUT2D eigenvalue weighted by atomic mass is 16.6. The number of benzene rings is 7. The van der Waals surface area contributed by atoms with E-state index in [-0.39, 0.29) is 22.8 Å². The minimum absolute atomic E-state index is 0.0422. The first kappa shape index (κ1) is 49.1. The molecule has 0 aliphatic rings. The first-order chi connectivity index (χ1) is 35.1. The number of aryl methyl sites for hydroxylation is 4. The molecule has 0 atom stereocenters.